The van der Waals surface area contributed by atoms with E-state index in [0.29, 0.717) is 30.4 Å². The van der Waals surface area contributed by atoms with Gasteiger partial charge in [-0.05, 0) is 31.0 Å². The van der Waals surface area contributed by atoms with Crippen molar-refractivity contribution >= 4 is 21.6 Å². The predicted molar refractivity (Wildman–Crippen MR) is 77.4 cm³/mol. The zero-order valence-electron chi connectivity index (χ0n) is 11.4. The quantitative estimate of drug-likeness (QED) is 0.884. The van der Waals surface area contributed by atoms with Crippen LogP contribution in [0.4, 0.5) is 18.9 Å². The van der Waals surface area contributed by atoms with Gasteiger partial charge in [-0.2, -0.15) is 13.2 Å². The second-order valence-electron chi connectivity index (χ2n) is 4.94. The molecule has 1 aromatic rings. The molecule has 0 spiro atoms. The fourth-order valence-electron chi connectivity index (χ4n) is 2.49. The lowest BCUT2D eigenvalue weighted by atomic mass is 10.0. The van der Waals surface area contributed by atoms with E-state index >= 15 is 0 Å². The Morgan fingerprint density at radius 2 is 1.95 bits per heavy atom. The van der Waals surface area contributed by atoms with Gasteiger partial charge in [-0.15, -0.1) is 0 Å². The van der Waals surface area contributed by atoms with Crippen molar-refractivity contribution in [3.8, 4) is 0 Å². The first kappa shape index (κ1) is 16.6. The number of halogens is 4. The number of hydrogen-bond acceptors (Lipinski definition) is 3. The number of benzene rings is 1. The van der Waals surface area contributed by atoms with Crippen LogP contribution in [0.3, 0.4) is 0 Å². The highest BCUT2D eigenvalue weighted by Crippen LogP contribution is 2.39. The van der Waals surface area contributed by atoms with Gasteiger partial charge in [0.25, 0.3) is 0 Å². The van der Waals surface area contributed by atoms with Gasteiger partial charge in [0, 0.05) is 17.6 Å². The zero-order valence-corrected chi connectivity index (χ0v) is 13.0. The maximum Gasteiger partial charge on any atom is 0.418 e. The van der Waals surface area contributed by atoms with Crippen molar-refractivity contribution in [2.45, 2.75) is 25.1 Å². The number of anilines is 1. The van der Waals surface area contributed by atoms with Crippen molar-refractivity contribution in [3.05, 3.63) is 28.2 Å². The molecular weight excluding hydrogens is 351 g/mol. The van der Waals surface area contributed by atoms with Crippen molar-refractivity contribution < 1.29 is 23.0 Å². The van der Waals surface area contributed by atoms with Crippen LogP contribution < -0.4 is 4.90 Å². The van der Waals surface area contributed by atoms with Gasteiger partial charge >= 0.3 is 6.18 Å². The maximum absolute atomic E-state index is 13.1. The molecule has 1 N–H and O–H groups in total. The van der Waals surface area contributed by atoms with E-state index in [9.17, 15) is 13.2 Å². The summed E-state index contributed by atoms with van der Waals surface area (Å²) in [4.78, 5) is 1.74. The topological polar surface area (TPSA) is 32.7 Å². The van der Waals surface area contributed by atoms with E-state index in [1.54, 1.807) is 4.90 Å². The molecule has 0 unspecified atom stereocenters. The average Bonchev–Trinajstić information content (AvgIpc) is 2.44. The number of aliphatic hydroxyl groups is 1. The third-order valence-electron chi connectivity index (χ3n) is 3.49. The normalized spacial score (nSPS) is 17.3. The molecule has 1 aliphatic rings. The van der Waals surface area contributed by atoms with Crippen LogP contribution in [0, 0.1) is 0 Å². The lowest BCUT2D eigenvalue weighted by Gasteiger charge is -2.35. The minimum atomic E-state index is -4.36. The molecule has 1 fully saturated rings. The molecule has 0 bridgehead atoms. The summed E-state index contributed by atoms with van der Waals surface area (Å²) < 4.78 is 45.3. The molecule has 118 valence electrons. The van der Waals surface area contributed by atoms with Gasteiger partial charge in [0.15, 0.2) is 0 Å². The van der Waals surface area contributed by atoms with Crippen molar-refractivity contribution in [1.29, 1.82) is 0 Å². The van der Waals surface area contributed by atoms with Gasteiger partial charge in [0.05, 0.1) is 30.6 Å². The summed E-state index contributed by atoms with van der Waals surface area (Å²) in [6, 6.07) is 4.02. The standard InChI is InChI=1S/C14H17BrF3NO2/c15-10-1-2-12(14(16,17)18)13(9-10)19-5-3-11(4-6-19)21-8-7-20/h1-2,9,11,20H,3-8H2. The summed E-state index contributed by atoms with van der Waals surface area (Å²) in [6.45, 7) is 1.25. The van der Waals surface area contributed by atoms with Gasteiger partial charge in [0.1, 0.15) is 0 Å². The van der Waals surface area contributed by atoms with E-state index in [4.69, 9.17) is 9.84 Å². The van der Waals surface area contributed by atoms with E-state index in [1.165, 1.54) is 12.1 Å². The van der Waals surface area contributed by atoms with Crippen molar-refractivity contribution in [1.82, 2.24) is 0 Å². The van der Waals surface area contributed by atoms with Crippen molar-refractivity contribution in [3.63, 3.8) is 0 Å². The Morgan fingerprint density at radius 1 is 1.29 bits per heavy atom. The maximum atomic E-state index is 13.1. The molecule has 3 nitrogen and oxygen atoms in total. The molecule has 1 heterocycles. The van der Waals surface area contributed by atoms with Gasteiger partial charge < -0.3 is 14.7 Å². The summed E-state index contributed by atoms with van der Waals surface area (Å²) in [5.41, 5.74) is -0.405. The molecule has 0 atom stereocenters. The van der Waals surface area contributed by atoms with Crippen LogP contribution in [0.25, 0.3) is 0 Å². The average molecular weight is 368 g/mol. The van der Waals surface area contributed by atoms with Crippen LogP contribution in [0.1, 0.15) is 18.4 Å². The highest BCUT2D eigenvalue weighted by Gasteiger charge is 2.35. The van der Waals surface area contributed by atoms with Crippen LogP contribution in [0.15, 0.2) is 22.7 Å². The minimum Gasteiger partial charge on any atom is -0.394 e. The highest BCUT2D eigenvalue weighted by atomic mass is 79.9. The second kappa shape index (κ2) is 6.98. The SMILES string of the molecule is OCCOC1CCN(c2cc(Br)ccc2C(F)(F)F)CC1. The summed E-state index contributed by atoms with van der Waals surface area (Å²) >= 11 is 3.23. The molecule has 21 heavy (non-hydrogen) atoms. The molecule has 0 saturated carbocycles. The number of aliphatic hydroxyl groups excluding tert-OH is 1. The molecular formula is C14H17BrF3NO2. The molecule has 1 aromatic carbocycles. The number of hydrogen-bond donors (Lipinski definition) is 1. The van der Waals surface area contributed by atoms with Crippen LogP contribution in [0.2, 0.25) is 0 Å². The predicted octanol–water partition coefficient (Wildman–Crippen LogP) is 3.45. The minimum absolute atomic E-state index is 0.00916. The fourth-order valence-corrected chi connectivity index (χ4v) is 2.84. The van der Waals surface area contributed by atoms with Crippen LogP contribution >= 0.6 is 15.9 Å². The molecule has 0 aromatic heterocycles. The lowest BCUT2D eigenvalue weighted by Crippen LogP contribution is -2.38. The number of rotatable bonds is 4. The van der Waals surface area contributed by atoms with E-state index in [0.717, 1.165) is 6.07 Å². The Hall–Kier alpha value is -0.790. The largest absolute Gasteiger partial charge is 0.418 e. The molecule has 1 saturated heterocycles. The third kappa shape index (κ3) is 4.34. The molecule has 0 aliphatic carbocycles. The zero-order chi connectivity index (χ0) is 15.5. The van der Waals surface area contributed by atoms with E-state index in [1.807, 2.05) is 0 Å². The molecule has 0 amide bonds. The van der Waals surface area contributed by atoms with Gasteiger partial charge in [-0.1, -0.05) is 15.9 Å². The summed E-state index contributed by atoms with van der Waals surface area (Å²) in [6.07, 6.45) is -3.04. The number of alkyl halides is 3. The Balaban J connectivity index is 2.11. The van der Waals surface area contributed by atoms with Crippen molar-refractivity contribution in [2.24, 2.45) is 0 Å². The van der Waals surface area contributed by atoms with Gasteiger partial charge in [-0.3, -0.25) is 0 Å². The van der Waals surface area contributed by atoms with Crippen LogP contribution in [-0.2, 0) is 10.9 Å². The third-order valence-corrected chi connectivity index (χ3v) is 3.99. The van der Waals surface area contributed by atoms with Crippen LogP contribution in [-0.4, -0.2) is 37.5 Å². The summed E-state index contributed by atoms with van der Waals surface area (Å²) in [5, 5.41) is 8.72. The second-order valence-corrected chi connectivity index (χ2v) is 5.86. The number of nitrogens with zero attached hydrogens (tertiary/aromatic N) is 1. The van der Waals surface area contributed by atoms with Gasteiger partial charge in [0.2, 0.25) is 0 Å². The highest BCUT2D eigenvalue weighted by molar-refractivity contribution is 9.10. The number of piperidine rings is 1. The Bertz CT molecular complexity index is 474. The van der Waals surface area contributed by atoms with Crippen molar-refractivity contribution in [2.75, 3.05) is 31.2 Å². The first-order chi connectivity index (χ1) is 9.91. The fraction of sp³-hybridized carbons (Fsp3) is 0.571. The smallest absolute Gasteiger partial charge is 0.394 e. The first-order valence-electron chi connectivity index (χ1n) is 6.76. The molecule has 7 heteroatoms. The summed E-state index contributed by atoms with van der Waals surface area (Å²) in [5.74, 6) is 0. The molecule has 1 aliphatic heterocycles. The Labute approximate surface area is 129 Å². The monoisotopic (exact) mass is 367 g/mol. The van der Waals surface area contributed by atoms with E-state index in [-0.39, 0.29) is 25.0 Å². The molecule has 0 radical (unpaired) electrons. The van der Waals surface area contributed by atoms with E-state index in [2.05, 4.69) is 15.9 Å². The first-order valence-corrected chi connectivity index (χ1v) is 7.55. The Morgan fingerprint density at radius 3 is 2.52 bits per heavy atom. The lowest BCUT2D eigenvalue weighted by molar-refractivity contribution is -0.137. The Kier molecular flexibility index (Phi) is 5.51. The molecule has 2 rings (SSSR count). The summed E-state index contributed by atoms with van der Waals surface area (Å²) in [7, 11) is 0. The number of ether oxygens (including phenoxy) is 1. The van der Waals surface area contributed by atoms with Gasteiger partial charge in [-0.25, -0.2) is 0 Å². The van der Waals surface area contributed by atoms with Crippen LogP contribution in [0.5, 0.6) is 0 Å². The van der Waals surface area contributed by atoms with E-state index < -0.39 is 11.7 Å².